The van der Waals surface area contributed by atoms with Crippen molar-refractivity contribution in [3.8, 4) is 5.75 Å². The number of amides is 2. The second-order valence-corrected chi connectivity index (χ2v) is 5.21. The van der Waals surface area contributed by atoms with E-state index >= 15 is 0 Å². The van der Waals surface area contributed by atoms with Crippen LogP contribution < -0.4 is 15.4 Å². The van der Waals surface area contributed by atoms with Crippen LogP contribution in [-0.2, 0) is 0 Å². The number of benzene rings is 2. The minimum atomic E-state index is -0.352. The molecule has 0 atom stereocenters. The third-order valence-corrected chi connectivity index (χ3v) is 3.21. The quantitative estimate of drug-likeness (QED) is 0.816. The van der Waals surface area contributed by atoms with Crippen molar-refractivity contribution in [2.24, 2.45) is 0 Å². The Kier molecular flexibility index (Phi) is 5.31. The van der Waals surface area contributed by atoms with E-state index in [1.54, 1.807) is 42.5 Å². The lowest BCUT2D eigenvalue weighted by molar-refractivity contribution is 0.234. The Bertz CT molecular complexity index is 630. The van der Waals surface area contributed by atoms with Gasteiger partial charge in [-0.05, 0) is 55.0 Å². The van der Waals surface area contributed by atoms with Crippen molar-refractivity contribution in [3.63, 3.8) is 0 Å². The van der Waals surface area contributed by atoms with Crippen LogP contribution in [0.1, 0.15) is 5.56 Å². The lowest BCUT2D eigenvalue weighted by Crippen LogP contribution is -2.32. The van der Waals surface area contributed by atoms with Gasteiger partial charge in [-0.1, -0.05) is 23.2 Å². The van der Waals surface area contributed by atoms with Gasteiger partial charge in [-0.3, -0.25) is 0 Å². The molecule has 0 saturated carbocycles. The maximum absolute atomic E-state index is 11.7. The molecule has 0 aliphatic heterocycles. The molecule has 110 valence electrons. The first-order chi connectivity index (χ1) is 10.0. The number of nitrogens with one attached hydrogen (secondary N) is 2. The van der Waals surface area contributed by atoms with Crippen LogP contribution in [0.25, 0.3) is 0 Å². The second kappa shape index (κ2) is 7.20. The van der Waals surface area contributed by atoms with Gasteiger partial charge in [-0.25, -0.2) is 4.79 Å². The van der Waals surface area contributed by atoms with Crippen molar-refractivity contribution in [3.05, 3.63) is 58.1 Å². The number of carbonyl (C=O) groups is 1. The summed E-state index contributed by atoms with van der Waals surface area (Å²) in [5, 5.41) is 6.58. The number of rotatable bonds is 4. The molecule has 0 spiro atoms. The third-order valence-electron chi connectivity index (χ3n) is 2.72. The van der Waals surface area contributed by atoms with E-state index in [2.05, 4.69) is 10.6 Å². The predicted octanol–water partition coefficient (Wildman–Crippen LogP) is 4.46. The van der Waals surface area contributed by atoms with Crippen molar-refractivity contribution < 1.29 is 9.53 Å². The first-order valence-corrected chi connectivity index (χ1v) is 6.99. The number of hydrogen-bond acceptors (Lipinski definition) is 2. The zero-order valence-electron chi connectivity index (χ0n) is 11.3. The van der Waals surface area contributed by atoms with E-state index in [1.807, 2.05) is 6.92 Å². The molecule has 0 aromatic heterocycles. The van der Waals surface area contributed by atoms with E-state index in [9.17, 15) is 4.79 Å². The molecule has 2 aromatic rings. The Morgan fingerprint density at radius 2 is 1.76 bits per heavy atom. The minimum absolute atomic E-state index is 0.0557. The lowest BCUT2D eigenvalue weighted by Gasteiger charge is -2.11. The molecule has 2 aromatic carbocycles. The van der Waals surface area contributed by atoms with Crippen molar-refractivity contribution in [1.29, 1.82) is 0 Å². The molecule has 0 heterocycles. The molecule has 21 heavy (non-hydrogen) atoms. The summed E-state index contributed by atoms with van der Waals surface area (Å²) in [4.78, 5) is 11.7. The van der Waals surface area contributed by atoms with Gasteiger partial charge < -0.3 is 15.4 Å². The first kappa shape index (κ1) is 15.5. The Morgan fingerprint density at radius 1 is 1.10 bits per heavy atom. The zero-order chi connectivity index (χ0) is 15.2. The average molecular weight is 325 g/mol. The molecule has 0 fully saturated rings. The van der Waals surface area contributed by atoms with Gasteiger partial charge in [0.1, 0.15) is 5.75 Å². The van der Waals surface area contributed by atoms with Gasteiger partial charge in [-0.15, -0.1) is 0 Å². The first-order valence-electron chi connectivity index (χ1n) is 6.24. The van der Waals surface area contributed by atoms with Gasteiger partial charge in [0.05, 0.1) is 0 Å². The number of aryl methyl sites for hydroxylation is 1. The van der Waals surface area contributed by atoms with E-state index in [4.69, 9.17) is 27.9 Å². The average Bonchev–Trinajstić information content (AvgIpc) is 2.44. The maximum atomic E-state index is 11.7. The van der Waals surface area contributed by atoms with Crippen LogP contribution in [0.15, 0.2) is 42.5 Å². The number of carbonyl (C=O) groups excluding carboxylic acids is 1. The predicted molar refractivity (Wildman–Crippen MR) is 85.3 cm³/mol. The molecule has 2 amide bonds. The molecule has 0 aliphatic carbocycles. The van der Waals surface area contributed by atoms with Gasteiger partial charge >= 0.3 is 6.03 Å². The maximum Gasteiger partial charge on any atom is 0.321 e. The standard InChI is InChI=1S/C15H14Cl2N2O2/c1-10-8-12(17)4-7-14(10)19-15(20)18-9-21-13-5-2-11(16)3-6-13/h2-8H,9H2,1H3,(H2,18,19,20). The third kappa shape index (κ3) is 4.85. The topological polar surface area (TPSA) is 50.4 Å². The number of hydrogen-bond donors (Lipinski definition) is 2. The van der Waals surface area contributed by atoms with Crippen LogP contribution in [0.4, 0.5) is 10.5 Å². The largest absolute Gasteiger partial charge is 0.473 e. The Balaban J connectivity index is 1.81. The fourth-order valence-corrected chi connectivity index (χ4v) is 2.00. The number of halogens is 2. The van der Waals surface area contributed by atoms with E-state index in [-0.39, 0.29) is 12.8 Å². The molecule has 0 unspecified atom stereocenters. The van der Waals surface area contributed by atoms with Crippen molar-refractivity contribution in [1.82, 2.24) is 5.32 Å². The van der Waals surface area contributed by atoms with Crippen molar-refractivity contribution in [2.45, 2.75) is 6.92 Å². The summed E-state index contributed by atoms with van der Waals surface area (Å²) in [7, 11) is 0. The van der Waals surface area contributed by atoms with E-state index in [0.717, 1.165) is 5.56 Å². The highest BCUT2D eigenvalue weighted by Crippen LogP contribution is 2.19. The SMILES string of the molecule is Cc1cc(Cl)ccc1NC(=O)NCOc1ccc(Cl)cc1. The van der Waals surface area contributed by atoms with E-state index in [0.29, 0.717) is 21.5 Å². The molecule has 6 heteroatoms. The monoisotopic (exact) mass is 324 g/mol. The number of urea groups is 1. The highest BCUT2D eigenvalue weighted by atomic mass is 35.5. The van der Waals surface area contributed by atoms with Crippen LogP contribution in [0.3, 0.4) is 0 Å². The smallest absolute Gasteiger partial charge is 0.321 e. The Morgan fingerprint density at radius 3 is 2.43 bits per heavy atom. The number of ether oxygens (including phenoxy) is 1. The normalized spacial score (nSPS) is 10.0. The summed E-state index contributed by atoms with van der Waals surface area (Å²) in [5.74, 6) is 0.627. The van der Waals surface area contributed by atoms with Gasteiger partial charge in [0.25, 0.3) is 0 Å². The fourth-order valence-electron chi connectivity index (χ4n) is 1.65. The van der Waals surface area contributed by atoms with Crippen molar-refractivity contribution in [2.75, 3.05) is 12.0 Å². The van der Waals surface area contributed by atoms with Gasteiger partial charge in [0, 0.05) is 15.7 Å². The van der Waals surface area contributed by atoms with Gasteiger partial charge in [0.2, 0.25) is 0 Å². The van der Waals surface area contributed by atoms with Crippen molar-refractivity contribution >= 4 is 34.9 Å². The summed E-state index contributed by atoms with van der Waals surface area (Å²) in [6.45, 7) is 1.92. The minimum Gasteiger partial charge on any atom is -0.473 e. The van der Waals surface area contributed by atoms with Gasteiger partial charge in [0.15, 0.2) is 6.73 Å². The van der Waals surface area contributed by atoms with Gasteiger partial charge in [-0.2, -0.15) is 0 Å². The fraction of sp³-hybridized carbons (Fsp3) is 0.133. The molecule has 2 rings (SSSR count). The molecule has 0 radical (unpaired) electrons. The molecule has 0 bridgehead atoms. The summed E-state index contributed by atoms with van der Waals surface area (Å²) in [6, 6.07) is 11.8. The highest BCUT2D eigenvalue weighted by Gasteiger charge is 2.04. The summed E-state index contributed by atoms with van der Waals surface area (Å²) < 4.78 is 5.37. The summed E-state index contributed by atoms with van der Waals surface area (Å²) in [6.07, 6.45) is 0. The molecule has 4 nitrogen and oxygen atoms in total. The Hall–Kier alpha value is -1.91. The Labute approximate surface area is 133 Å². The van der Waals surface area contributed by atoms with Crippen LogP contribution >= 0.6 is 23.2 Å². The van der Waals surface area contributed by atoms with Crippen LogP contribution in [0, 0.1) is 6.92 Å². The number of anilines is 1. The summed E-state index contributed by atoms with van der Waals surface area (Å²) in [5.41, 5.74) is 1.58. The van der Waals surface area contributed by atoms with E-state index in [1.165, 1.54) is 0 Å². The van der Waals surface area contributed by atoms with E-state index < -0.39 is 0 Å². The highest BCUT2D eigenvalue weighted by molar-refractivity contribution is 6.31. The molecule has 0 aliphatic rings. The molecular weight excluding hydrogens is 311 g/mol. The molecule has 2 N–H and O–H groups in total. The van der Waals surface area contributed by atoms with Crippen LogP contribution in [0.2, 0.25) is 10.0 Å². The van der Waals surface area contributed by atoms with Crippen LogP contribution in [0.5, 0.6) is 5.75 Å². The zero-order valence-corrected chi connectivity index (χ0v) is 12.8. The lowest BCUT2D eigenvalue weighted by atomic mass is 10.2. The van der Waals surface area contributed by atoms with Crippen LogP contribution in [-0.4, -0.2) is 12.8 Å². The molecule has 0 saturated heterocycles. The summed E-state index contributed by atoms with van der Waals surface area (Å²) >= 11 is 11.6. The molecular formula is C15H14Cl2N2O2. The second-order valence-electron chi connectivity index (χ2n) is 4.33.